The van der Waals surface area contributed by atoms with Crippen molar-refractivity contribution < 1.29 is 43.2 Å². The Labute approximate surface area is 609 Å². The van der Waals surface area contributed by atoms with Crippen molar-refractivity contribution in [2.24, 2.45) is 11.8 Å². The van der Waals surface area contributed by atoms with Gasteiger partial charge in [-0.05, 0) is 151 Å². The number of benzene rings is 2. The number of carbonyl (C=O) groups excluding carboxylic acids is 3. The highest BCUT2D eigenvalue weighted by Crippen LogP contribution is 2.41. The van der Waals surface area contributed by atoms with Gasteiger partial charge in [-0.25, -0.2) is 28.7 Å². The highest BCUT2D eigenvalue weighted by atomic mass is 19.1. The van der Waals surface area contributed by atoms with E-state index in [1.165, 1.54) is 30.0 Å². The number of ether oxygens (including phenoxy) is 1. The van der Waals surface area contributed by atoms with Crippen LogP contribution in [0.1, 0.15) is 132 Å². The maximum absolute atomic E-state index is 13.6. The lowest BCUT2D eigenvalue weighted by atomic mass is 9.84. The third kappa shape index (κ3) is 13.9. The zero-order valence-electron chi connectivity index (χ0n) is 59.0. The Hall–Kier alpha value is -11.4. The van der Waals surface area contributed by atoms with Crippen LogP contribution in [0.4, 0.5) is 54.7 Å². The molecule has 15 heterocycles. The Morgan fingerprint density at radius 2 is 1.16 bits per heavy atom. The molecule has 0 bridgehead atoms. The zero-order valence-corrected chi connectivity index (χ0v) is 59.0. The zero-order chi connectivity index (χ0) is 72.9. The molecule has 1 saturated carbocycles. The Bertz CT molecular complexity index is 5170. The Morgan fingerprint density at radius 1 is 0.575 bits per heavy atom. The van der Waals surface area contributed by atoms with E-state index in [2.05, 4.69) is 76.4 Å². The number of nitrogens with one attached hydrogen (secondary N) is 6. The molecular formula is C79H82F2N18O7. The molecule has 3 amide bonds. The van der Waals surface area contributed by atoms with Gasteiger partial charge in [-0.15, -0.1) is 0 Å². The number of pyridine rings is 6. The largest absolute Gasteiger partial charge is 0.472 e. The fourth-order valence-electron chi connectivity index (χ4n) is 15.8. The van der Waals surface area contributed by atoms with Crippen LogP contribution in [0.3, 0.4) is 0 Å². The number of halogens is 2. The summed E-state index contributed by atoms with van der Waals surface area (Å²) in [5.41, 5.74) is 15.1. The van der Waals surface area contributed by atoms with Crippen LogP contribution in [0, 0.1) is 23.5 Å². The number of piperidine rings is 2. The molecule has 0 unspecified atom stereocenters. The Kier molecular flexibility index (Phi) is 18.8. The van der Waals surface area contributed by atoms with E-state index in [1.54, 1.807) is 47.5 Å². The topological polar surface area (TPSA) is 304 Å². The molecule has 544 valence electrons. The second-order valence-corrected chi connectivity index (χ2v) is 28.8. The van der Waals surface area contributed by atoms with Gasteiger partial charge in [-0.1, -0.05) is 18.2 Å². The Morgan fingerprint density at radius 3 is 1.75 bits per heavy atom. The summed E-state index contributed by atoms with van der Waals surface area (Å²) in [4.78, 5) is 70.0. The van der Waals surface area contributed by atoms with Crippen LogP contribution < -0.4 is 46.4 Å². The number of aliphatic hydroxyl groups excluding tert-OH is 2. The lowest BCUT2D eigenvalue weighted by molar-refractivity contribution is 0.0110. The van der Waals surface area contributed by atoms with Crippen LogP contribution in [-0.2, 0) is 32.6 Å². The SMILES string of the molecule is CC(C)(O)[C@H]1CCCN(c2ccc(Nc3cnc(-c4cnn5c4CCCC5)c4c3C(=O)NC4)nc2)C1.C[C@H](O)[C@H]1CCCN(c2ccc(Nc3ccc(-c4cnc5cc(F)ccn45)c4c3C(=O)NC4)nc2)C1.O=C1NCc2c(-c3cnc4cc(F)ccn34)ccc(Nc3cccc(O[C@H]4CCC[C@H]4O)n3)c21. The fourth-order valence-corrected chi connectivity index (χ4v) is 15.8. The Balaban J connectivity index is 0.000000122. The predicted octanol–water partition coefficient (Wildman–Crippen LogP) is 11.6. The minimum Gasteiger partial charge on any atom is -0.472 e. The quantitative estimate of drug-likeness (QED) is 0.0461. The van der Waals surface area contributed by atoms with E-state index in [9.17, 15) is 38.5 Å². The minimum atomic E-state index is -0.690. The lowest BCUT2D eigenvalue weighted by Crippen LogP contribution is -2.44. The van der Waals surface area contributed by atoms with Crippen LogP contribution in [0.25, 0.3) is 45.1 Å². The van der Waals surface area contributed by atoms with Crippen LogP contribution in [-0.4, -0.2) is 132 Å². The number of imidazole rings is 2. The second kappa shape index (κ2) is 28.9. The molecule has 0 spiro atoms. The molecule has 1 aliphatic carbocycles. The molecule has 5 atom stereocenters. The van der Waals surface area contributed by atoms with E-state index in [0.29, 0.717) is 88.0 Å². The van der Waals surface area contributed by atoms with Gasteiger partial charge in [0.25, 0.3) is 17.7 Å². The molecule has 27 heteroatoms. The van der Waals surface area contributed by atoms with E-state index in [1.807, 2.05) is 98.4 Å². The van der Waals surface area contributed by atoms with Gasteiger partial charge in [0, 0.05) is 123 Å². The number of hydrogen-bond donors (Lipinski definition) is 9. The summed E-state index contributed by atoms with van der Waals surface area (Å²) in [5.74, 6) is 1.63. The average molecular weight is 1430 g/mol. The summed E-state index contributed by atoms with van der Waals surface area (Å²) < 4.78 is 38.8. The number of fused-ring (bicyclic) bond motifs is 6. The van der Waals surface area contributed by atoms with Crippen molar-refractivity contribution in [2.45, 2.75) is 135 Å². The summed E-state index contributed by atoms with van der Waals surface area (Å²) in [6, 6.07) is 26.4. The number of rotatable bonds is 15. The molecule has 3 fully saturated rings. The number of anilines is 8. The highest BCUT2D eigenvalue weighted by Gasteiger charge is 2.35. The standard InChI is InChI=1S/C27H27FN6O2.C27H33N7O2.C25H22FN5O3/c1-16(35)17-3-2-9-33(15-17)19-4-7-24(29-12-19)32-22-6-5-20(21-13-31-27(36)26(21)22)23-14-30-25-11-18(28)8-10-34(23)25;1-27(2,36)17-6-5-10-33(16-17)18-8-9-23(28-12-18)32-21-15-29-25(20-13-30-26(35)24(20)21)19-14-31-34-11-4-3-7-22(19)34;26-14-9-10-31-18(13-27-22(31)11-14)15-7-8-17(24-16(15)12-28-25(24)33)29-21-5-2-6-23(30-21)34-20-4-1-3-19(20)32/h4-8,10-12,14,16-17,35H,2-3,9,13,15H2,1H3,(H,29,32)(H,31,36);8-9,12,14-15,17,36H,3-7,10-11,13,16H2,1-2H3,(H,28,32)(H,30,35);2,5-11,13,19-20,32H,1,3-4,12H2,(H,28,33)(H,29,30)/t16-,17-;17-;19-,20+/m001/s1. The molecule has 18 rings (SSSR count). The number of carbonyl (C=O) groups is 3. The first kappa shape index (κ1) is 69.0. The van der Waals surface area contributed by atoms with Crippen LogP contribution >= 0.6 is 0 Å². The first-order valence-corrected chi connectivity index (χ1v) is 36.4. The first-order valence-electron chi connectivity index (χ1n) is 36.4. The monoisotopic (exact) mass is 1430 g/mol. The molecule has 2 saturated heterocycles. The molecule has 7 aliphatic rings. The van der Waals surface area contributed by atoms with E-state index in [-0.39, 0.29) is 53.4 Å². The molecule has 2 aromatic carbocycles. The van der Waals surface area contributed by atoms with Crippen molar-refractivity contribution >= 4 is 74.9 Å². The minimum absolute atomic E-state index is 0.0974. The summed E-state index contributed by atoms with van der Waals surface area (Å²) >= 11 is 0. The van der Waals surface area contributed by atoms with Crippen LogP contribution in [0.5, 0.6) is 5.88 Å². The number of aliphatic hydroxyl groups is 3. The molecule has 106 heavy (non-hydrogen) atoms. The lowest BCUT2D eigenvalue weighted by Gasteiger charge is -2.39. The summed E-state index contributed by atoms with van der Waals surface area (Å²) in [6.45, 7) is 11.3. The van der Waals surface area contributed by atoms with Crippen molar-refractivity contribution in [3.8, 4) is 39.7 Å². The van der Waals surface area contributed by atoms with Gasteiger partial charge >= 0.3 is 0 Å². The van der Waals surface area contributed by atoms with Gasteiger partial charge in [-0.3, -0.25) is 32.9 Å². The highest BCUT2D eigenvalue weighted by molar-refractivity contribution is 6.08. The van der Waals surface area contributed by atoms with E-state index in [0.717, 1.165) is 159 Å². The molecule has 9 N–H and O–H groups in total. The van der Waals surface area contributed by atoms with Gasteiger partial charge < -0.3 is 61.8 Å². The average Bonchev–Trinajstić information content (AvgIpc) is 1.61. The molecular weight excluding hydrogens is 1350 g/mol. The number of nitrogens with zero attached hydrogens (tertiary/aromatic N) is 12. The van der Waals surface area contributed by atoms with Gasteiger partial charge in [0.1, 0.15) is 46.5 Å². The van der Waals surface area contributed by atoms with Crippen molar-refractivity contribution in [3.63, 3.8) is 0 Å². The fraction of sp³-hybridized carbons (Fsp3) is 0.342. The third-order valence-electron chi connectivity index (χ3n) is 21.5. The maximum Gasteiger partial charge on any atom is 0.254 e. The van der Waals surface area contributed by atoms with Crippen LogP contribution in [0.2, 0.25) is 0 Å². The predicted molar refractivity (Wildman–Crippen MR) is 398 cm³/mol. The number of aryl methyl sites for hydroxylation is 1. The molecule has 0 radical (unpaired) electrons. The summed E-state index contributed by atoms with van der Waals surface area (Å²) in [7, 11) is 0. The molecule has 11 aromatic rings. The number of hydrogen-bond acceptors (Lipinski definition) is 19. The van der Waals surface area contributed by atoms with Crippen molar-refractivity contribution in [1.82, 2.24) is 64.4 Å². The van der Waals surface area contributed by atoms with E-state index in [4.69, 9.17) is 9.72 Å². The van der Waals surface area contributed by atoms with Crippen molar-refractivity contribution in [3.05, 3.63) is 191 Å². The third-order valence-corrected chi connectivity index (χ3v) is 21.5. The number of amides is 3. The van der Waals surface area contributed by atoms with Crippen molar-refractivity contribution in [1.29, 1.82) is 0 Å². The molecule has 6 aliphatic heterocycles. The second-order valence-electron chi connectivity index (χ2n) is 28.8. The van der Waals surface area contributed by atoms with Gasteiger partial charge in [-0.2, -0.15) is 10.1 Å². The normalized spacial score (nSPS) is 19.0. The van der Waals surface area contributed by atoms with Crippen LogP contribution in [0.15, 0.2) is 141 Å². The summed E-state index contributed by atoms with van der Waals surface area (Å²) in [6.07, 6.45) is 22.8. The van der Waals surface area contributed by atoms with E-state index < -0.39 is 11.7 Å². The van der Waals surface area contributed by atoms with Gasteiger partial charge in [0.2, 0.25) is 5.88 Å². The van der Waals surface area contributed by atoms with Gasteiger partial charge in [0.05, 0.1) is 117 Å². The van der Waals surface area contributed by atoms with E-state index >= 15 is 0 Å². The molecule has 9 aromatic heterocycles. The maximum atomic E-state index is 13.6. The first-order chi connectivity index (χ1) is 51.4. The number of aromatic nitrogens is 10. The van der Waals surface area contributed by atoms with Crippen molar-refractivity contribution in [2.75, 3.05) is 51.9 Å². The smallest absolute Gasteiger partial charge is 0.254 e. The summed E-state index contributed by atoms with van der Waals surface area (Å²) in [5, 5.41) is 53.7. The molecule has 25 nitrogen and oxygen atoms in total. The van der Waals surface area contributed by atoms with Gasteiger partial charge in [0.15, 0.2) is 0 Å².